The first-order chi connectivity index (χ1) is 10.8. The number of hydrogen-bond donors (Lipinski definition) is 1. The molecule has 0 amide bonds. The molecular weight excluding hydrogens is 274 g/mol. The van der Waals surface area contributed by atoms with Crippen LogP contribution < -0.4 is 10.7 Å². The van der Waals surface area contributed by atoms with Gasteiger partial charge in [-0.1, -0.05) is 55.8 Å². The molecular formula is C19H19NO2. The molecule has 3 heteroatoms. The van der Waals surface area contributed by atoms with Gasteiger partial charge in [0.1, 0.15) is 11.3 Å². The number of benzene rings is 2. The summed E-state index contributed by atoms with van der Waals surface area (Å²) in [5, 5.41) is 3.88. The van der Waals surface area contributed by atoms with Gasteiger partial charge in [-0.2, -0.15) is 0 Å². The van der Waals surface area contributed by atoms with Crippen molar-refractivity contribution < 1.29 is 4.42 Å². The fraction of sp³-hybridized carbons (Fsp3) is 0.211. The van der Waals surface area contributed by atoms with Crippen molar-refractivity contribution in [2.24, 2.45) is 0 Å². The first kappa shape index (κ1) is 14.4. The fourth-order valence-electron chi connectivity index (χ4n) is 2.49. The molecule has 0 aliphatic heterocycles. The molecule has 0 radical (unpaired) electrons. The first-order valence-corrected chi connectivity index (χ1v) is 7.66. The zero-order valence-electron chi connectivity index (χ0n) is 12.6. The van der Waals surface area contributed by atoms with E-state index in [1.807, 2.05) is 48.5 Å². The van der Waals surface area contributed by atoms with Crippen LogP contribution in [0.15, 0.2) is 63.8 Å². The molecule has 22 heavy (non-hydrogen) atoms. The molecule has 3 aromatic rings. The van der Waals surface area contributed by atoms with Crippen molar-refractivity contribution in [2.45, 2.75) is 19.8 Å². The Hall–Kier alpha value is -2.55. The van der Waals surface area contributed by atoms with E-state index in [9.17, 15) is 4.79 Å². The predicted octanol–water partition coefficient (Wildman–Crippen LogP) is 4.67. The third-order valence-corrected chi connectivity index (χ3v) is 3.67. The SMILES string of the molecule is CCCCNc1c(-c2ccccc2)oc2ccccc2c1=O. The maximum Gasteiger partial charge on any atom is 0.216 e. The number of rotatable bonds is 5. The number of fused-ring (bicyclic) bond motifs is 1. The first-order valence-electron chi connectivity index (χ1n) is 7.66. The van der Waals surface area contributed by atoms with Crippen LogP contribution in [0, 0.1) is 0 Å². The van der Waals surface area contributed by atoms with Gasteiger partial charge in [-0.25, -0.2) is 0 Å². The average Bonchev–Trinajstić information content (AvgIpc) is 2.57. The number of nitrogens with one attached hydrogen (secondary N) is 1. The molecule has 0 aliphatic carbocycles. The molecule has 0 saturated carbocycles. The molecule has 1 heterocycles. The lowest BCUT2D eigenvalue weighted by Crippen LogP contribution is -2.14. The summed E-state index contributed by atoms with van der Waals surface area (Å²) in [6.45, 7) is 2.89. The standard InChI is InChI=1S/C19H19NO2/c1-2-3-13-20-17-18(21)15-11-7-8-12-16(15)22-19(17)14-9-5-4-6-10-14/h4-12,20H,2-3,13H2,1H3. The van der Waals surface area contributed by atoms with Gasteiger partial charge in [-0.15, -0.1) is 0 Å². The Morgan fingerprint density at radius 2 is 1.73 bits per heavy atom. The van der Waals surface area contributed by atoms with E-state index in [1.165, 1.54) is 0 Å². The van der Waals surface area contributed by atoms with Crippen molar-refractivity contribution in [3.8, 4) is 11.3 Å². The minimum Gasteiger partial charge on any atom is -0.454 e. The highest BCUT2D eigenvalue weighted by molar-refractivity contribution is 5.85. The lowest BCUT2D eigenvalue weighted by Gasteiger charge is -2.12. The smallest absolute Gasteiger partial charge is 0.216 e. The highest BCUT2D eigenvalue weighted by Gasteiger charge is 2.15. The molecule has 1 aromatic heterocycles. The topological polar surface area (TPSA) is 42.2 Å². The molecule has 2 aromatic carbocycles. The number of anilines is 1. The van der Waals surface area contributed by atoms with Gasteiger partial charge in [0.05, 0.1) is 5.39 Å². The molecule has 112 valence electrons. The van der Waals surface area contributed by atoms with Crippen LogP contribution in [0.3, 0.4) is 0 Å². The van der Waals surface area contributed by atoms with E-state index in [2.05, 4.69) is 12.2 Å². The van der Waals surface area contributed by atoms with Crippen LogP contribution in [0.4, 0.5) is 5.69 Å². The lowest BCUT2D eigenvalue weighted by molar-refractivity contribution is 0.620. The third-order valence-electron chi connectivity index (χ3n) is 3.67. The molecule has 0 fully saturated rings. The van der Waals surface area contributed by atoms with E-state index in [1.54, 1.807) is 6.07 Å². The second-order valence-electron chi connectivity index (χ2n) is 5.28. The zero-order chi connectivity index (χ0) is 15.4. The minimum absolute atomic E-state index is 0.00296. The van der Waals surface area contributed by atoms with Gasteiger partial charge in [-0.3, -0.25) is 4.79 Å². The van der Waals surface area contributed by atoms with Gasteiger partial charge in [0.25, 0.3) is 0 Å². The van der Waals surface area contributed by atoms with Crippen molar-refractivity contribution in [1.29, 1.82) is 0 Å². The Kier molecular flexibility index (Phi) is 4.24. The van der Waals surface area contributed by atoms with Crippen molar-refractivity contribution in [1.82, 2.24) is 0 Å². The van der Waals surface area contributed by atoms with Gasteiger partial charge in [0.15, 0.2) is 5.76 Å². The Balaban J connectivity index is 2.19. The van der Waals surface area contributed by atoms with Crippen molar-refractivity contribution in [3.63, 3.8) is 0 Å². The largest absolute Gasteiger partial charge is 0.454 e. The molecule has 3 nitrogen and oxygen atoms in total. The van der Waals surface area contributed by atoms with Gasteiger partial charge in [-0.05, 0) is 18.6 Å². The number of unbranched alkanes of at least 4 members (excludes halogenated alkanes) is 1. The van der Waals surface area contributed by atoms with Crippen LogP contribution in [-0.2, 0) is 0 Å². The third kappa shape index (κ3) is 2.75. The van der Waals surface area contributed by atoms with E-state index in [0.717, 1.165) is 24.9 Å². The van der Waals surface area contributed by atoms with Gasteiger partial charge in [0.2, 0.25) is 5.43 Å². The highest BCUT2D eigenvalue weighted by Crippen LogP contribution is 2.29. The molecule has 0 spiro atoms. The summed E-state index contributed by atoms with van der Waals surface area (Å²) >= 11 is 0. The van der Waals surface area contributed by atoms with Gasteiger partial charge < -0.3 is 9.73 Å². The van der Waals surface area contributed by atoms with E-state index in [4.69, 9.17) is 4.42 Å². The van der Waals surface area contributed by atoms with Crippen molar-refractivity contribution >= 4 is 16.7 Å². The molecule has 0 unspecified atom stereocenters. The highest BCUT2D eigenvalue weighted by atomic mass is 16.3. The summed E-state index contributed by atoms with van der Waals surface area (Å²) < 4.78 is 6.03. The van der Waals surface area contributed by atoms with Gasteiger partial charge >= 0.3 is 0 Å². The Labute approximate surface area is 129 Å². The molecule has 0 saturated heterocycles. The quantitative estimate of drug-likeness (QED) is 0.695. The van der Waals surface area contributed by atoms with Gasteiger partial charge in [0, 0.05) is 12.1 Å². The molecule has 0 bridgehead atoms. The fourth-order valence-corrected chi connectivity index (χ4v) is 2.49. The summed E-state index contributed by atoms with van der Waals surface area (Å²) in [5.41, 5.74) is 2.08. The summed E-state index contributed by atoms with van der Waals surface area (Å²) in [4.78, 5) is 12.8. The van der Waals surface area contributed by atoms with E-state index in [-0.39, 0.29) is 5.43 Å². The van der Waals surface area contributed by atoms with Crippen LogP contribution in [0.25, 0.3) is 22.3 Å². The summed E-state index contributed by atoms with van der Waals surface area (Å²) in [6, 6.07) is 17.1. The zero-order valence-corrected chi connectivity index (χ0v) is 12.6. The van der Waals surface area contributed by atoms with Crippen LogP contribution in [0.5, 0.6) is 0 Å². The summed E-state index contributed by atoms with van der Waals surface area (Å²) in [6.07, 6.45) is 2.09. The van der Waals surface area contributed by atoms with Crippen LogP contribution in [-0.4, -0.2) is 6.54 Å². The molecule has 0 atom stereocenters. The van der Waals surface area contributed by atoms with E-state index >= 15 is 0 Å². The molecule has 0 aliphatic rings. The number of para-hydroxylation sites is 1. The van der Waals surface area contributed by atoms with Crippen molar-refractivity contribution in [2.75, 3.05) is 11.9 Å². The van der Waals surface area contributed by atoms with Crippen LogP contribution in [0.1, 0.15) is 19.8 Å². The second kappa shape index (κ2) is 6.48. The summed E-state index contributed by atoms with van der Waals surface area (Å²) in [7, 11) is 0. The Morgan fingerprint density at radius 3 is 2.50 bits per heavy atom. The predicted molar refractivity (Wildman–Crippen MR) is 91.3 cm³/mol. The second-order valence-corrected chi connectivity index (χ2v) is 5.28. The normalized spacial score (nSPS) is 10.8. The minimum atomic E-state index is -0.00296. The summed E-state index contributed by atoms with van der Waals surface area (Å²) in [5.74, 6) is 0.611. The Bertz CT molecular complexity index is 822. The maximum atomic E-state index is 12.8. The Morgan fingerprint density at radius 1 is 1.00 bits per heavy atom. The molecule has 1 N–H and O–H groups in total. The monoisotopic (exact) mass is 293 g/mol. The van der Waals surface area contributed by atoms with E-state index < -0.39 is 0 Å². The average molecular weight is 293 g/mol. The van der Waals surface area contributed by atoms with E-state index in [0.29, 0.717) is 22.4 Å². The number of hydrogen-bond acceptors (Lipinski definition) is 3. The van der Waals surface area contributed by atoms with Crippen LogP contribution in [0.2, 0.25) is 0 Å². The molecule has 3 rings (SSSR count). The maximum absolute atomic E-state index is 12.8. The van der Waals surface area contributed by atoms with Crippen LogP contribution >= 0.6 is 0 Å². The van der Waals surface area contributed by atoms with Crippen molar-refractivity contribution in [3.05, 3.63) is 64.8 Å². The lowest BCUT2D eigenvalue weighted by atomic mass is 10.1.